The molecule has 180 valence electrons. The third-order valence-electron chi connectivity index (χ3n) is 5.53. The lowest BCUT2D eigenvalue weighted by Gasteiger charge is -2.36. The van der Waals surface area contributed by atoms with E-state index in [1.54, 1.807) is 20.0 Å². The van der Waals surface area contributed by atoms with Crippen molar-refractivity contribution in [2.45, 2.75) is 51.3 Å². The second kappa shape index (κ2) is 10.8. The van der Waals surface area contributed by atoms with E-state index in [9.17, 15) is 13.2 Å². The first kappa shape index (κ1) is 25.4. The predicted octanol–water partition coefficient (Wildman–Crippen LogP) is 3.31. The summed E-state index contributed by atoms with van der Waals surface area (Å²) >= 11 is 6.20. The Labute approximate surface area is 200 Å². The normalized spacial score (nSPS) is 19.0. The van der Waals surface area contributed by atoms with Crippen molar-refractivity contribution in [1.82, 2.24) is 14.6 Å². The number of nitrogens with one attached hydrogen (secondary N) is 1. The van der Waals surface area contributed by atoms with Gasteiger partial charge in [-0.3, -0.25) is 4.79 Å². The van der Waals surface area contributed by atoms with Crippen LogP contribution in [0.15, 0.2) is 41.4 Å². The molecule has 2 heterocycles. The van der Waals surface area contributed by atoms with E-state index in [0.717, 1.165) is 24.5 Å². The highest BCUT2D eigenvalue weighted by atomic mass is 35.5. The Morgan fingerprint density at radius 1 is 1.18 bits per heavy atom. The highest BCUT2D eigenvalue weighted by Gasteiger charge is 2.24. The molecule has 1 aromatic carbocycles. The number of benzene rings is 1. The van der Waals surface area contributed by atoms with E-state index in [1.165, 1.54) is 22.5 Å². The number of rotatable bonds is 8. The van der Waals surface area contributed by atoms with Gasteiger partial charge in [0.05, 0.1) is 27.7 Å². The van der Waals surface area contributed by atoms with Crippen molar-refractivity contribution in [3.05, 3.63) is 52.7 Å². The number of nitrogens with zero attached hydrogens (tertiary/aromatic N) is 3. The van der Waals surface area contributed by atoms with Crippen LogP contribution < -0.4 is 10.2 Å². The van der Waals surface area contributed by atoms with Crippen molar-refractivity contribution >= 4 is 33.3 Å². The molecule has 2 unspecified atom stereocenters. The molecule has 1 N–H and O–H groups in total. The van der Waals surface area contributed by atoms with Crippen LogP contribution >= 0.6 is 11.6 Å². The molecule has 0 aliphatic carbocycles. The molecule has 0 bridgehead atoms. The highest BCUT2D eigenvalue weighted by molar-refractivity contribution is 7.89. The quantitative estimate of drug-likeness (QED) is 0.605. The first-order valence-corrected chi connectivity index (χ1v) is 12.9. The molecule has 1 amide bonds. The van der Waals surface area contributed by atoms with Crippen LogP contribution in [0.25, 0.3) is 0 Å². The van der Waals surface area contributed by atoms with Crippen LogP contribution in [-0.2, 0) is 21.3 Å². The van der Waals surface area contributed by atoms with Crippen LogP contribution in [0.3, 0.4) is 0 Å². The fourth-order valence-electron chi connectivity index (χ4n) is 3.90. The number of halogens is 1. The summed E-state index contributed by atoms with van der Waals surface area (Å²) in [6, 6.07) is 8.02. The van der Waals surface area contributed by atoms with E-state index in [1.807, 2.05) is 26.0 Å². The van der Waals surface area contributed by atoms with Crippen molar-refractivity contribution in [2.24, 2.45) is 0 Å². The van der Waals surface area contributed by atoms with Crippen molar-refractivity contribution in [1.29, 1.82) is 0 Å². The number of ether oxygens (including phenoxy) is 1. The summed E-state index contributed by atoms with van der Waals surface area (Å²) < 4.78 is 32.7. The second-order valence-corrected chi connectivity index (χ2v) is 10.4. The van der Waals surface area contributed by atoms with E-state index in [-0.39, 0.29) is 34.2 Å². The van der Waals surface area contributed by atoms with Crippen LogP contribution in [0.1, 0.15) is 43.6 Å². The molecule has 8 nitrogen and oxygen atoms in total. The summed E-state index contributed by atoms with van der Waals surface area (Å²) in [5.41, 5.74) is 0.940. The molecule has 3 rings (SSSR count). The topological polar surface area (TPSA) is 91.8 Å². The van der Waals surface area contributed by atoms with Gasteiger partial charge in [0.2, 0.25) is 10.0 Å². The summed E-state index contributed by atoms with van der Waals surface area (Å²) in [5, 5.41) is 2.99. The molecule has 1 aliphatic heterocycles. The van der Waals surface area contributed by atoms with Gasteiger partial charge in [-0.2, -0.15) is 4.31 Å². The molecule has 10 heteroatoms. The number of carbonyl (C=O) groups excluding carboxylic acids is 1. The van der Waals surface area contributed by atoms with Gasteiger partial charge in [-0.05, 0) is 43.7 Å². The fraction of sp³-hybridized carbons (Fsp3) is 0.478. The Balaban J connectivity index is 1.68. The summed E-state index contributed by atoms with van der Waals surface area (Å²) in [6.07, 6.45) is 2.00. The minimum atomic E-state index is -3.69. The van der Waals surface area contributed by atoms with E-state index in [0.29, 0.717) is 13.1 Å². The Morgan fingerprint density at radius 2 is 1.85 bits per heavy atom. The van der Waals surface area contributed by atoms with Crippen LogP contribution in [-0.4, -0.2) is 62.0 Å². The minimum absolute atomic E-state index is 0.0423. The molecular formula is C23H31ClN4O4S. The third kappa shape index (κ3) is 6.03. The van der Waals surface area contributed by atoms with Crippen LogP contribution in [0.4, 0.5) is 5.82 Å². The molecule has 1 aromatic heterocycles. The lowest BCUT2D eigenvalue weighted by atomic mass is 10.2. The summed E-state index contributed by atoms with van der Waals surface area (Å²) in [7, 11) is -3.69. The lowest BCUT2D eigenvalue weighted by Crippen LogP contribution is -2.45. The van der Waals surface area contributed by atoms with Gasteiger partial charge in [-0.1, -0.05) is 31.5 Å². The molecule has 2 atom stereocenters. The maximum atomic E-state index is 12.8. The highest BCUT2D eigenvalue weighted by Crippen LogP contribution is 2.23. The van der Waals surface area contributed by atoms with E-state index >= 15 is 0 Å². The maximum Gasteiger partial charge on any atom is 0.253 e. The Bertz CT molecular complexity index is 1060. The lowest BCUT2D eigenvalue weighted by molar-refractivity contribution is -0.00546. The summed E-state index contributed by atoms with van der Waals surface area (Å²) in [4.78, 5) is 19.5. The number of amides is 1. The molecule has 1 fully saturated rings. The van der Waals surface area contributed by atoms with Gasteiger partial charge >= 0.3 is 0 Å². The zero-order chi connectivity index (χ0) is 24.2. The van der Waals surface area contributed by atoms with Gasteiger partial charge in [0.25, 0.3) is 5.91 Å². The molecule has 2 aromatic rings. The van der Waals surface area contributed by atoms with Crippen LogP contribution in [0, 0.1) is 0 Å². The van der Waals surface area contributed by atoms with Crippen molar-refractivity contribution in [2.75, 3.05) is 31.1 Å². The first-order chi connectivity index (χ1) is 15.6. The van der Waals surface area contributed by atoms with Gasteiger partial charge in [0.1, 0.15) is 5.82 Å². The van der Waals surface area contributed by atoms with Gasteiger partial charge in [0, 0.05) is 38.9 Å². The number of pyridine rings is 1. The zero-order valence-electron chi connectivity index (χ0n) is 19.4. The largest absolute Gasteiger partial charge is 0.372 e. The molecule has 0 radical (unpaired) electrons. The van der Waals surface area contributed by atoms with Gasteiger partial charge < -0.3 is 15.0 Å². The Morgan fingerprint density at radius 3 is 2.42 bits per heavy atom. The molecule has 33 heavy (non-hydrogen) atoms. The van der Waals surface area contributed by atoms with Gasteiger partial charge in [0.15, 0.2) is 0 Å². The smallest absolute Gasteiger partial charge is 0.253 e. The number of anilines is 1. The van der Waals surface area contributed by atoms with Crippen LogP contribution in [0.5, 0.6) is 0 Å². The van der Waals surface area contributed by atoms with Crippen molar-refractivity contribution < 1.29 is 17.9 Å². The minimum Gasteiger partial charge on any atom is -0.372 e. The number of sulfonamides is 1. The standard InChI is InChI=1S/C23H31ClN4O4S/c1-5-28(6-2)33(30,31)19-8-9-21(24)20(11-19)23(29)26-13-18-7-10-22(25-12-18)27-14-16(3)32-17(4)15-27/h7-12,16-17H,5-6,13-15H2,1-4H3,(H,26,29). The van der Waals surface area contributed by atoms with Crippen LogP contribution in [0.2, 0.25) is 5.02 Å². The monoisotopic (exact) mass is 494 g/mol. The average Bonchev–Trinajstić information content (AvgIpc) is 2.78. The number of hydrogen-bond acceptors (Lipinski definition) is 6. The van der Waals surface area contributed by atoms with E-state index in [2.05, 4.69) is 15.2 Å². The molecule has 0 saturated carbocycles. The van der Waals surface area contributed by atoms with Crippen molar-refractivity contribution in [3.8, 4) is 0 Å². The SMILES string of the molecule is CCN(CC)S(=O)(=O)c1ccc(Cl)c(C(=O)NCc2ccc(N3CC(C)OC(C)C3)nc2)c1. The maximum absolute atomic E-state index is 12.8. The molecule has 1 aliphatic rings. The summed E-state index contributed by atoms with van der Waals surface area (Å²) in [6.45, 7) is 10.1. The van der Waals surface area contributed by atoms with Crippen molar-refractivity contribution in [3.63, 3.8) is 0 Å². The van der Waals surface area contributed by atoms with E-state index < -0.39 is 15.9 Å². The predicted molar refractivity (Wildman–Crippen MR) is 129 cm³/mol. The molecular weight excluding hydrogens is 464 g/mol. The molecule has 0 spiro atoms. The Hall–Kier alpha value is -2.20. The van der Waals surface area contributed by atoms with Gasteiger partial charge in [-0.25, -0.2) is 13.4 Å². The number of hydrogen-bond donors (Lipinski definition) is 1. The molecule has 1 saturated heterocycles. The first-order valence-electron chi connectivity index (χ1n) is 11.1. The fourth-order valence-corrected chi connectivity index (χ4v) is 5.59. The van der Waals surface area contributed by atoms with E-state index in [4.69, 9.17) is 16.3 Å². The third-order valence-corrected chi connectivity index (χ3v) is 7.91. The number of morpholine rings is 1. The second-order valence-electron chi connectivity index (χ2n) is 8.10. The summed E-state index contributed by atoms with van der Waals surface area (Å²) in [5.74, 6) is 0.418. The number of aromatic nitrogens is 1. The van der Waals surface area contributed by atoms with Gasteiger partial charge in [-0.15, -0.1) is 0 Å². The zero-order valence-corrected chi connectivity index (χ0v) is 21.0. The number of carbonyl (C=O) groups is 1. The Kier molecular flexibility index (Phi) is 8.33. The average molecular weight is 495 g/mol.